The van der Waals surface area contributed by atoms with Gasteiger partial charge in [-0.15, -0.1) is 0 Å². The molecule has 2 aliphatic heterocycles. The van der Waals surface area contributed by atoms with Gasteiger partial charge < -0.3 is 29.8 Å². The van der Waals surface area contributed by atoms with Crippen LogP contribution in [0.4, 0.5) is 17.1 Å². The Kier molecular flexibility index (Phi) is 11.2. The fourth-order valence-electron chi connectivity index (χ4n) is 7.32. The molecule has 7 rings (SSSR count). The topological polar surface area (TPSA) is 147 Å². The van der Waals surface area contributed by atoms with Crippen molar-refractivity contribution in [3.63, 3.8) is 0 Å². The molecule has 2 aromatic carbocycles. The fraction of sp³-hybridized carbons (Fsp3) is 0.474. The third-order valence-electron chi connectivity index (χ3n) is 10.5. The molecule has 51 heavy (non-hydrogen) atoms. The van der Waals surface area contributed by atoms with Gasteiger partial charge in [-0.05, 0) is 112 Å². The molecule has 3 fully saturated rings. The number of aliphatic hydroxyl groups is 1. The number of hydrogen-bond donors (Lipinski definition) is 6. The van der Waals surface area contributed by atoms with Gasteiger partial charge in [-0.2, -0.15) is 0 Å². The maximum Gasteiger partial charge on any atom is 0.265 e. The number of H-pyrrole nitrogens is 1. The largest absolute Gasteiger partial charge is 0.455 e. The van der Waals surface area contributed by atoms with Gasteiger partial charge >= 0.3 is 0 Å². The van der Waals surface area contributed by atoms with E-state index in [9.17, 15) is 15.1 Å². The first-order chi connectivity index (χ1) is 24.8. The van der Waals surface area contributed by atoms with Crippen LogP contribution in [0.5, 0.6) is 11.5 Å². The molecular formula is C38H49N7O5S. The monoisotopic (exact) mass is 715 g/mol. The summed E-state index contributed by atoms with van der Waals surface area (Å²) in [6.45, 7) is 9.09. The third kappa shape index (κ3) is 9.08. The van der Waals surface area contributed by atoms with E-state index in [4.69, 9.17) is 9.47 Å². The molecule has 4 heterocycles. The number of rotatable bonds is 12. The molecule has 12 nitrogen and oxygen atoms in total. The highest BCUT2D eigenvalue weighted by atomic mass is 32.2. The van der Waals surface area contributed by atoms with Crippen molar-refractivity contribution in [1.82, 2.24) is 19.6 Å². The van der Waals surface area contributed by atoms with E-state index in [0.717, 1.165) is 118 Å². The Bertz CT molecular complexity index is 1780. The normalized spacial score (nSPS) is 21.8. The molecule has 2 saturated heterocycles. The summed E-state index contributed by atoms with van der Waals surface area (Å²) >= 11 is 1.18. The van der Waals surface area contributed by atoms with Gasteiger partial charge in [0.05, 0.1) is 28.7 Å². The van der Waals surface area contributed by atoms with Crippen molar-refractivity contribution < 1.29 is 24.6 Å². The van der Waals surface area contributed by atoms with Crippen LogP contribution in [-0.4, -0.2) is 89.2 Å². The molecule has 1 amide bonds. The number of carbonyl (C=O) groups is 1. The van der Waals surface area contributed by atoms with E-state index >= 15 is 0 Å². The van der Waals surface area contributed by atoms with Gasteiger partial charge in [0.25, 0.3) is 5.91 Å². The second kappa shape index (κ2) is 16.1. The zero-order valence-electron chi connectivity index (χ0n) is 29.2. The number of hydrogen-bond acceptors (Lipinski definition) is 11. The molecule has 0 unspecified atom stereocenters. The van der Waals surface area contributed by atoms with Gasteiger partial charge in [0.15, 0.2) is 0 Å². The SMILES string of the molecule is CC1(O)CCC(CN2CCN(c3ccc(C(=O)NSc4ccc(NCC5CCOCC5)c(NO)c4)c(Oc4cnc5[nH]ccc5c4)c3)CC2)CC1. The molecule has 0 atom stereocenters. The maximum absolute atomic E-state index is 13.7. The molecule has 13 heteroatoms. The van der Waals surface area contributed by atoms with Crippen molar-refractivity contribution >= 4 is 46.0 Å². The first kappa shape index (κ1) is 35.4. The van der Waals surface area contributed by atoms with E-state index in [1.807, 2.05) is 55.6 Å². The zero-order chi connectivity index (χ0) is 35.2. The van der Waals surface area contributed by atoms with Crippen LogP contribution in [0.2, 0.25) is 0 Å². The van der Waals surface area contributed by atoms with Gasteiger partial charge in [0.1, 0.15) is 17.1 Å². The van der Waals surface area contributed by atoms with Crippen LogP contribution in [0.15, 0.2) is 65.8 Å². The van der Waals surface area contributed by atoms with E-state index in [1.54, 1.807) is 12.3 Å². The Balaban J connectivity index is 1.02. The van der Waals surface area contributed by atoms with Gasteiger partial charge in [-0.1, -0.05) is 0 Å². The molecule has 1 saturated carbocycles. The highest BCUT2D eigenvalue weighted by molar-refractivity contribution is 7.98. The first-order valence-corrected chi connectivity index (χ1v) is 18.9. The highest BCUT2D eigenvalue weighted by Crippen LogP contribution is 2.35. The molecule has 0 radical (unpaired) electrons. The minimum Gasteiger partial charge on any atom is -0.455 e. The lowest BCUT2D eigenvalue weighted by atomic mass is 9.80. The van der Waals surface area contributed by atoms with Gasteiger partial charge in [-0.3, -0.25) is 25.1 Å². The predicted molar refractivity (Wildman–Crippen MR) is 201 cm³/mol. The molecule has 0 spiro atoms. The summed E-state index contributed by atoms with van der Waals surface area (Å²) < 4.78 is 14.8. The fourth-order valence-corrected chi connectivity index (χ4v) is 7.95. The number of fused-ring (bicyclic) bond motifs is 1. The smallest absolute Gasteiger partial charge is 0.265 e. The average molecular weight is 716 g/mol. The number of nitrogens with one attached hydrogen (secondary N) is 4. The lowest BCUT2D eigenvalue weighted by Crippen LogP contribution is -2.48. The predicted octanol–water partition coefficient (Wildman–Crippen LogP) is 6.50. The molecule has 272 valence electrons. The summed E-state index contributed by atoms with van der Waals surface area (Å²) in [4.78, 5) is 26.9. The lowest BCUT2D eigenvalue weighted by molar-refractivity contribution is 0.00263. The van der Waals surface area contributed by atoms with E-state index in [2.05, 4.69) is 35.3 Å². The Morgan fingerprint density at radius 3 is 2.61 bits per heavy atom. The number of ether oxygens (including phenoxy) is 2. The molecule has 6 N–H and O–H groups in total. The number of aromatic amines is 1. The third-order valence-corrected chi connectivity index (χ3v) is 11.3. The average Bonchev–Trinajstić information content (AvgIpc) is 3.63. The summed E-state index contributed by atoms with van der Waals surface area (Å²) in [6, 6.07) is 15.2. The number of piperazine rings is 1. The Labute approximate surface area is 303 Å². The van der Waals surface area contributed by atoms with Gasteiger partial charge in [0, 0.05) is 80.7 Å². The number of aromatic nitrogens is 2. The van der Waals surface area contributed by atoms with Crippen molar-refractivity contribution in [3.05, 3.63) is 66.5 Å². The number of benzene rings is 2. The van der Waals surface area contributed by atoms with Gasteiger partial charge in [0.2, 0.25) is 0 Å². The molecule has 1 aliphatic carbocycles. The maximum atomic E-state index is 13.7. The van der Waals surface area contributed by atoms with Crippen LogP contribution in [0.1, 0.15) is 55.8 Å². The van der Waals surface area contributed by atoms with Crippen molar-refractivity contribution in [2.45, 2.75) is 55.9 Å². The second-order valence-electron chi connectivity index (χ2n) is 14.4. The van der Waals surface area contributed by atoms with Crippen LogP contribution in [-0.2, 0) is 4.74 Å². The standard InChI is InChI=1S/C38H49N7O5S/c1-38(47)11-6-27(7-12-38)25-44-14-16-45(17-15-44)29-2-4-32(35(21-29)50-30-20-28-8-13-39-36(28)41-24-30)37(46)43-51-31-3-5-33(34(22-31)42-48)40-23-26-9-18-49-19-10-26/h2-5,8,13,20-22,24,26-27,40,42,47-48H,6-7,9-12,14-19,23,25H2,1H3,(H,39,41)(H,43,46). The van der Waals surface area contributed by atoms with Crippen molar-refractivity contribution in [3.8, 4) is 11.5 Å². The van der Waals surface area contributed by atoms with Crippen LogP contribution in [0, 0.1) is 11.8 Å². The van der Waals surface area contributed by atoms with Crippen molar-refractivity contribution in [2.24, 2.45) is 11.8 Å². The molecule has 3 aliphatic rings. The van der Waals surface area contributed by atoms with Crippen LogP contribution >= 0.6 is 11.9 Å². The molecule has 2 aromatic heterocycles. The lowest BCUT2D eigenvalue weighted by Gasteiger charge is -2.40. The van der Waals surface area contributed by atoms with E-state index < -0.39 is 5.60 Å². The zero-order valence-corrected chi connectivity index (χ0v) is 30.0. The highest BCUT2D eigenvalue weighted by Gasteiger charge is 2.30. The van der Waals surface area contributed by atoms with E-state index in [-0.39, 0.29) is 5.91 Å². The van der Waals surface area contributed by atoms with Crippen LogP contribution in [0.25, 0.3) is 11.0 Å². The number of anilines is 3. The van der Waals surface area contributed by atoms with E-state index in [1.165, 1.54) is 11.9 Å². The van der Waals surface area contributed by atoms with Crippen LogP contribution < -0.4 is 25.2 Å². The summed E-state index contributed by atoms with van der Waals surface area (Å²) in [7, 11) is 0. The van der Waals surface area contributed by atoms with Crippen LogP contribution in [0.3, 0.4) is 0 Å². The summed E-state index contributed by atoms with van der Waals surface area (Å²) in [5.41, 5.74) is 5.29. The first-order valence-electron chi connectivity index (χ1n) is 18.1. The summed E-state index contributed by atoms with van der Waals surface area (Å²) in [5.74, 6) is 1.86. The Morgan fingerprint density at radius 2 is 1.82 bits per heavy atom. The minimum atomic E-state index is -0.505. The van der Waals surface area contributed by atoms with Crippen molar-refractivity contribution in [1.29, 1.82) is 0 Å². The molecule has 0 bridgehead atoms. The number of pyridine rings is 1. The van der Waals surface area contributed by atoms with Gasteiger partial charge in [-0.25, -0.2) is 4.98 Å². The molecular weight excluding hydrogens is 667 g/mol. The van der Waals surface area contributed by atoms with Crippen molar-refractivity contribution in [2.75, 3.05) is 68.2 Å². The second-order valence-corrected chi connectivity index (χ2v) is 15.3. The quantitative estimate of drug-likeness (QED) is 0.0706. The number of nitrogens with zero attached hydrogens (tertiary/aromatic N) is 3. The number of amides is 1. The Hall–Kier alpha value is -4.01. The summed E-state index contributed by atoms with van der Waals surface area (Å²) in [6.07, 6.45) is 9.45. The summed E-state index contributed by atoms with van der Waals surface area (Å²) in [5, 5.41) is 24.6. The Morgan fingerprint density at radius 1 is 1.02 bits per heavy atom. The number of carbonyl (C=O) groups excluding carboxylic acids is 1. The minimum absolute atomic E-state index is 0.297. The molecule has 4 aromatic rings. The van der Waals surface area contributed by atoms with E-state index in [0.29, 0.717) is 34.6 Å².